The van der Waals surface area contributed by atoms with E-state index in [1.165, 1.54) is 0 Å². The molecule has 0 spiro atoms. The number of phenols is 1. The van der Waals surface area contributed by atoms with Gasteiger partial charge < -0.3 is 15.5 Å². The average molecular weight is 276 g/mol. The maximum Gasteiger partial charge on any atom is 0.118 e. The highest BCUT2D eigenvalue weighted by molar-refractivity contribution is 5.56. The van der Waals surface area contributed by atoms with Gasteiger partial charge in [0.05, 0.1) is 12.7 Å². The number of aromatic nitrogens is 3. The molecular weight excluding hydrogens is 256 g/mol. The molecule has 1 heterocycles. The van der Waals surface area contributed by atoms with Crippen molar-refractivity contribution in [2.75, 3.05) is 11.9 Å². The van der Waals surface area contributed by atoms with Crippen LogP contribution in [0, 0.1) is 13.8 Å². The molecule has 0 fully saturated rings. The van der Waals surface area contributed by atoms with Crippen LogP contribution in [0.3, 0.4) is 0 Å². The molecule has 0 aliphatic carbocycles. The smallest absolute Gasteiger partial charge is 0.118 e. The van der Waals surface area contributed by atoms with Gasteiger partial charge in [-0.2, -0.15) is 0 Å². The summed E-state index contributed by atoms with van der Waals surface area (Å²) in [5, 5.41) is 29.8. The number of aliphatic hydroxyl groups excluding tert-OH is 1. The standard InChI is InChI=1S/C14H20N4O2/c1-10-7-14(20)11(2)6-13(10)15-8-12-9-18(17-16-12)4-3-5-19/h6-7,9,15,19-20H,3-5,8H2,1-2H3. The maximum atomic E-state index is 9.62. The minimum atomic E-state index is 0.152. The highest BCUT2D eigenvalue weighted by Gasteiger charge is 2.05. The summed E-state index contributed by atoms with van der Waals surface area (Å²) in [4.78, 5) is 0. The quantitative estimate of drug-likeness (QED) is 0.698. The van der Waals surface area contributed by atoms with E-state index in [1.807, 2.05) is 26.1 Å². The van der Waals surface area contributed by atoms with Gasteiger partial charge in [0.2, 0.25) is 0 Å². The Bertz CT molecular complexity index is 581. The van der Waals surface area contributed by atoms with Crippen molar-refractivity contribution in [1.82, 2.24) is 15.0 Å². The number of benzene rings is 1. The molecule has 0 aliphatic heterocycles. The van der Waals surface area contributed by atoms with E-state index >= 15 is 0 Å². The second-order valence-corrected chi connectivity index (χ2v) is 4.86. The minimum absolute atomic E-state index is 0.152. The minimum Gasteiger partial charge on any atom is -0.508 e. The van der Waals surface area contributed by atoms with Crippen molar-refractivity contribution in [1.29, 1.82) is 0 Å². The first kappa shape index (κ1) is 14.3. The van der Waals surface area contributed by atoms with E-state index < -0.39 is 0 Å². The number of nitrogens with one attached hydrogen (secondary N) is 1. The van der Waals surface area contributed by atoms with Gasteiger partial charge in [0, 0.05) is 18.8 Å². The summed E-state index contributed by atoms with van der Waals surface area (Å²) < 4.78 is 1.72. The van der Waals surface area contributed by atoms with Crippen LogP contribution in [0.5, 0.6) is 5.75 Å². The molecule has 1 aromatic heterocycles. The Morgan fingerprint density at radius 2 is 2.05 bits per heavy atom. The number of hydrogen-bond acceptors (Lipinski definition) is 5. The van der Waals surface area contributed by atoms with Crippen LogP contribution in [-0.4, -0.2) is 31.8 Å². The lowest BCUT2D eigenvalue weighted by atomic mass is 10.1. The highest BCUT2D eigenvalue weighted by Crippen LogP contribution is 2.25. The van der Waals surface area contributed by atoms with E-state index in [4.69, 9.17) is 5.11 Å². The fraction of sp³-hybridized carbons (Fsp3) is 0.429. The molecule has 0 saturated carbocycles. The number of hydrogen-bond donors (Lipinski definition) is 3. The van der Waals surface area contributed by atoms with E-state index in [0.717, 1.165) is 22.5 Å². The average Bonchev–Trinajstić information content (AvgIpc) is 2.87. The first-order valence-electron chi connectivity index (χ1n) is 6.64. The van der Waals surface area contributed by atoms with E-state index in [9.17, 15) is 5.11 Å². The number of aromatic hydroxyl groups is 1. The number of nitrogens with zero attached hydrogens (tertiary/aromatic N) is 3. The van der Waals surface area contributed by atoms with Gasteiger partial charge in [0.25, 0.3) is 0 Å². The molecule has 0 radical (unpaired) electrons. The first-order chi connectivity index (χ1) is 9.60. The van der Waals surface area contributed by atoms with Crippen molar-refractivity contribution in [2.45, 2.75) is 33.4 Å². The van der Waals surface area contributed by atoms with Crippen LogP contribution in [0.4, 0.5) is 5.69 Å². The van der Waals surface area contributed by atoms with Crippen LogP contribution in [-0.2, 0) is 13.1 Å². The van der Waals surface area contributed by atoms with Crippen molar-refractivity contribution < 1.29 is 10.2 Å². The monoisotopic (exact) mass is 276 g/mol. The first-order valence-corrected chi connectivity index (χ1v) is 6.64. The van der Waals surface area contributed by atoms with Crippen molar-refractivity contribution in [3.63, 3.8) is 0 Å². The van der Waals surface area contributed by atoms with Crippen LogP contribution in [0.2, 0.25) is 0 Å². The Hall–Kier alpha value is -2.08. The zero-order chi connectivity index (χ0) is 14.5. The second kappa shape index (κ2) is 6.38. The molecule has 6 nitrogen and oxygen atoms in total. The number of anilines is 1. The zero-order valence-electron chi connectivity index (χ0n) is 11.8. The molecule has 0 saturated heterocycles. The lowest BCUT2D eigenvalue weighted by Gasteiger charge is -2.10. The topological polar surface area (TPSA) is 83.2 Å². The van der Waals surface area contributed by atoms with Crippen molar-refractivity contribution in [3.8, 4) is 5.75 Å². The molecule has 3 N–H and O–H groups in total. The molecule has 2 aromatic rings. The third-order valence-electron chi connectivity index (χ3n) is 3.13. The van der Waals surface area contributed by atoms with Crippen LogP contribution in [0.25, 0.3) is 0 Å². The molecule has 1 aromatic carbocycles. The van der Waals surface area contributed by atoms with Crippen molar-refractivity contribution >= 4 is 5.69 Å². The summed E-state index contributed by atoms with van der Waals surface area (Å²) in [6.45, 7) is 5.20. The fourth-order valence-corrected chi connectivity index (χ4v) is 1.94. The van der Waals surface area contributed by atoms with Gasteiger partial charge >= 0.3 is 0 Å². The van der Waals surface area contributed by atoms with Crippen molar-refractivity contribution in [2.24, 2.45) is 0 Å². The molecule has 108 valence electrons. The van der Waals surface area contributed by atoms with Crippen LogP contribution in [0.15, 0.2) is 18.3 Å². The summed E-state index contributed by atoms with van der Waals surface area (Å²) in [6, 6.07) is 3.66. The molecule has 0 unspecified atom stereocenters. The van der Waals surface area contributed by atoms with Gasteiger partial charge in [0.1, 0.15) is 11.4 Å². The summed E-state index contributed by atoms with van der Waals surface area (Å²) in [7, 11) is 0. The largest absolute Gasteiger partial charge is 0.508 e. The summed E-state index contributed by atoms with van der Waals surface area (Å²) >= 11 is 0. The number of aryl methyl sites for hydroxylation is 3. The Labute approximate surface area is 118 Å². The van der Waals surface area contributed by atoms with Crippen molar-refractivity contribution in [3.05, 3.63) is 35.2 Å². The van der Waals surface area contributed by atoms with E-state index in [0.29, 0.717) is 25.3 Å². The van der Waals surface area contributed by atoms with E-state index in [-0.39, 0.29) is 6.61 Å². The van der Waals surface area contributed by atoms with Gasteiger partial charge in [-0.3, -0.25) is 4.68 Å². The molecule has 0 amide bonds. The zero-order valence-corrected chi connectivity index (χ0v) is 11.8. The molecule has 20 heavy (non-hydrogen) atoms. The molecule has 2 rings (SSSR count). The summed E-state index contributed by atoms with van der Waals surface area (Å²) in [5.41, 5.74) is 3.64. The molecule has 0 aliphatic rings. The fourth-order valence-electron chi connectivity index (χ4n) is 1.94. The third-order valence-corrected chi connectivity index (χ3v) is 3.13. The van der Waals surface area contributed by atoms with Gasteiger partial charge in [-0.05, 0) is 43.5 Å². The Kier molecular flexibility index (Phi) is 4.57. The van der Waals surface area contributed by atoms with E-state index in [2.05, 4.69) is 15.6 Å². The molecule has 6 heteroatoms. The van der Waals surface area contributed by atoms with Gasteiger partial charge in [-0.25, -0.2) is 0 Å². The van der Waals surface area contributed by atoms with Gasteiger partial charge in [0.15, 0.2) is 0 Å². The maximum absolute atomic E-state index is 9.62. The van der Waals surface area contributed by atoms with E-state index in [1.54, 1.807) is 10.7 Å². The Morgan fingerprint density at radius 3 is 2.80 bits per heavy atom. The van der Waals surface area contributed by atoms with Gasteiger partial charge in [-0.15, -0.1) is 5.10 Å². The highest BCUT2D eigenvalue weighted by atomic mass is 16.3. The predicted octanol–water partition coefficient (Wildman–Crippen LogP) is 1.60. The summed E-state index contributed by atoms with van der Waals surface area (Å²) in [6.07, 6.45) is 2.54. The van der Waals surface area contributed by atoms with Crippen LogP contribution < -0.4 is 5.32 Å². The van der Waals surface area contributed by atoms with Crippen LogP contribution in [0.1, 0.15) is 23.2 Å². The van der Waals surface area contributed by atoms with Crippen LogP contribution >= 0.6 is 0 Å². The number of rotatable bonds is 6. The molecular formula is C14H20N4O2. The van der Waals surface area contributed by atoms with Gasteiger partial charge in [-0.1, -0.05) is 5.21 Å². The number of phenolic OH excluding ortho intramolecular Hbond substituents is 1. The Balaban J connectivity index is 1.98. The number of aliphatic hydroxyl groups is 1. The molecule has 0 bridgehead atoms. The lowest BCUT2D eigenvalue weighted by Crippen LogP contribution is -2.02. The lowest BCUT2D eigenvalue weighted by molar-refractivity contribution is 0.276. The normalized spacial score (nSPS) is 10.8. The SMILES string of the molecule is Cc1cc(NCc2cn(CCCO)nn2)c(C)cc1O. The Morgan fingerprint density at radius 1 is 1.25 bits per heavy atom. The molecule has 0 atom stereocenters. The second-order valence-electron chi connectivity index (χ2n) is 4.86. The predicted molar refractivity (Wildman–Crippen MR) is 76.6 cm³/mol. The summed E-state index contributed by atoms with van der Waals surface area (Å²) in [5.74, 6) is 0.308. The third kappa shape index (κ3) is 3.48.